The number of nitrogens with zero attached hydrogens (tertiary/aromatic N) is 1. The fourth-order valence-electron chi connectivity index (χ4n) is 3.62. The van der Waals surface area contributed by atoms with Crippen LogP contribution in [0.15, 0.2) is 18.2 Å². The standard InChI is InChI=1S/C15H20N2O3/c1-15(2)11-7-16-6-9(11)8-17(15)14(20)10-4-3-5-12(18)13(10)19/h3-5,9,11,16,18-19H,6-8H2,1-2H3. The molecule has 1 aromatic rings. The van der Waals surface area contributed by atoms with Gasteiger partial charge in [-0.3, -0.25) is 4.79 Å². The number of hydrogen-bond donors (Lipinski definition) is 3. The molecule has 20 heavy (non-hydrogen) atoms. The van der Waals surface area contributed by atoms with Crippen molar-refractivity contribution in [3.63, 3.8) is 0 Å². The first-order chi connectivity index (χ1) is 9.43. The first-order valence-corrected chi connectivity index (χ1v) is 6.96. The van der Waals surface area contributed by atoms with Gasteiger partial charge in [-0.15, -0.1) is 0 Å². The number of phenolic OH excluding ortho intramolecular Hbond substituents is 2. The van der Waals surface area contributed by atoms with Crippen LogP contribution in [-0.4, -0.2) is 46.2 Å². The van der Waals surface area contributed by atoms with Crippen molar-refractivity contribution in [3.8, 4) is 11.5 Å². The van der Waals surface area contributed by atoms with E-state index in [1.54, 1.807) is 12.1 Å². The zero-order valence-electron chi connectivity index (χ0n) is 11.8. The summed E-state index contributed by atoms with van der Waals surface area (Å²) >= 11 is 0. The minimum atomic E-state index is -0.330. The maximum Gasteiger partial charge on any atom is 0.258 e. The highest BCUT2D eigenvalue weighted by Gasteiger charge is 2.51. The van der Waals surface area contributed by atoms with Crippen molar-refractivity contribution < 1.29 is 15.0 Å². The molecular weight excluding hydrogens is 256 g/mol. The number of likely N-dealkylation sites (tertiary alicyclic amines) is 1. The molecule has 0 aliphatic carbocycles. The molecule has 2 aliphatic rings. The molecule has 3 N–H and O–H groups in total. The Labute approximate surface area is 118 Å². The van der Waals surface area contributed by atoms with Crippen LogP contribution < -0.4 is 5.32 Å². The minimum absolute atomic E-state index is 0.172. The average Bonchev–Trinajstić information content (AvgIpc) is 2.95. The molecule has 2 saturated heterocycles. The summed E-state index contributed by atoms with van der Waals surface area (Å²) in [5, 5.41) is 22.8. The molecule has 2 unspecified atom stereocenters. The number of hydrogen-bond acceptors (Lipinski definition) is 4. The molecule has 2 aliphatic heterocycles. The number of aromatic hydroxyl groups is 2. The van der Waals surface area contributed by atoms with E-state index < -0.39 is 0 Å². The fourth-order valence-corrected chi connectivity index (χ4v) is 3.62. The van der Waals surface area contributed by atoms with Gasteiger partial charge in [0.15, 0.2) is 11.5 Å². The van der Waals surface area contributed by atoms with E-state index in [0.29, 0.717) is 18.4 Å². The fraction of sp³-hybridized carbons (Fsp3) is 0.533. The van der Waals surface area contributed by atoms with Gasteiger partial charge in [-0.05, 0) is 37.8 Å². The molecule has 1 aromatic carbocycles. The molecule has 1 amide bonds. The van der Waals surface area contributed by atoms with Crippen LogP contribution in [0.5, 0.6) is 11.5 Å². The second-order valence-electron chi connectivity index (χ2n) is 6.27. The van der Waals surface area contributed by atoms with Crippen LogP contribution in [0.4, 0.5) is 0 Å². The number of benzene rings is 1. The SMILES string of the molecule is CC1(C)C2CNCC2CN1C(=O)c1cccc(O)c1O. The Hall–Kier alpha value is -1.75. The molecule has 2 fully saturated rings. The van der Waals surface area contributed by atoms with Crippen LogP contribution >= 0.6 is 0 Å². The third-order valence-corrected chi connectivity index (χ3v) is 4.85. The van der Waals surface area contributed by atoms with E-state index in [0.717, 1.165) is 13.1 Å². The molecule has 108 valence electrons. The van der Waals surface area contributed by atoms with Crippen LogP contribution in [0.2, 0.25) is 0 Å². The number of phenols is 2. The summed E-state index contributed by atoms with van der Waals surface area (Å²) in [4.78, 5) is 14.5. The molecule has 5 heteroatoms. The van der Waals surface area contributed by atoms with Gasteiger partial charge in [0.05, 0.1) is 5.56 Å². The smallest absolute Gasteiger partial charge is 0.258 e. The van der Waals surface area contributed by atoms with Crippen molar-refractivity contribution in [1.29, 1.82) is 0 Å². The number of amides is 1. The molecular formula is C15H20N2O3. The highest BCUT2D eigenvalue weighted by Crippen LogP contribution is 2.42. The Kier molecular flexibility index (Phi) is 2.90. The predicted molar refractivity (Wildman–Crippen MR) is 74.7 cm³/mol. The molecule has 0 aromatic heterocycles. The van der Waals surface area contributed by atoms with Crippen molar-refractivity contribution in [1.82, 2.24) is 10.2 Å². The number of para-hydroxylation sites is 1. The molecule has 2 atom stereocenters. The van der Waals surface area contributed by atoms with Gasteiger partial charge < -0.3 is 20.4 Å². The lowest BCUT2D eigenvalue weighted by Crippen LogP contribution is -2.47. The zero-order valence-corrected chi connectivity index (χ0v) is 11.8. The third kappa shape index (κ3) is 1.77. The maximum absolute atomic E-state index is 12.7. The lowest BCUT2D eigenvalue weighted by atomic mass is 9.84. The maximum atomic E-state index is 12.7. The molecule has 5 nitrogen and oxygen atoms in total. The number of nitrogens with one attached hydrogen (secondary N) is 1. The van der Waals surface area contributed by atoms with Crippen molar-refractivity contribution in [3.05, 3.63) is 23.8 Å². The quantitative estimate of drug-likeness (QED) is 0.673. The molecule has 3 rings (SSSR count). The van der Waals surface area contributed by atoms with Crippen molar-refractivity contribution in [2.24, 2.45) is 11.8 Å². The lowest BCUT2D eigenvalue weighted by Gasteiger charge is -2.35. The van der Waals surface area contributed by atoms with Crippen molar-refractivity contribution >= 4 is 5.91 Å². The molecule has 2 heterocycles. The van der Waals surface area contributed by atoms with Crippen LogP contribution in [-0.2, 0) is 0 Å². The van der Waals surface area contributed by atoms with Crippen molar-refractivity contribution in [2.75, 3.05) is 19.6 Å². The molecule has 0 saturated carbocycles. The summed E-state index contributed by atoms with van der Waals surface area (Å²) in [6, 6.07) is 4.51. The van der Waals surface area contributed by atoms with E-state index >= 15 is 0 Å². The van der Waals surface area contributed by atoms with Gasteiger partial charge in [0.2, 0.25) is 0 Å². The second-order valence-corrected chi connectivity index (χ2v) is 6.27. The van der Waals surface area contributed by atoms with Gasteiger partial charge in [-0.1, -0.05) is 6.07 Å². The molecule has 0 spiro atoms. The Bertz CT molecular complexity index is 556. The van der Waals surface area contributed by atoms with E-state index in [9.17, 15) is 15.0 Å². The van der Waals surface area contributed by atoms with Gasteiger partial charge in [-0.2, -0.15) is 0 Å². The Morgan fingerprint density at radius 2 is 2.10 bits per heavy atom. The minimum Gasteiger partial charge on any atom is -0.504 e. The normalized spacial score (nSPS) is 27.6. The van der Waals surface area contributed by atoms with Crippen LogP contribution in [0, 0.1) is 11.8 Å². The largest absolute Gasteiger partial charge is 0.504 e. The number of rotatable bonds is 1. The number of carbonyl (C=O) groups excluding carboxylic acids is 1. The zero-order chi connectivity index (χ0) is 14.5. The number of fused-ring (bicyclic) bond motifs is 1. The van der Waals surface area contributed by atoms with Gasteiger partial charge in [0.25, 0.3) is 5.91 Å². The first-order valence-electron chi connectivity index (χ1n) is 6.96. The Balaban J connectivity index is 1.93. The van der Waals surface area contributed by atoms with Crippen LogP contribution in [0.3, 0.4) is 0 Å². The third-order valence-electron chi connectivity index (χ3n) is 4.85. The Morgan fingerprint density at radius 1 is 1.35 bits per heavy atom. The molecule has 0 bridgehead atoms. The lowest BCUT2D eigenvalue weighted by molar-refractivity contribution is 0.0599. The average molecular weight is 276 g/mol. The summed E-state index contributed by atoms with van der Waals surface area (Å²) in [6.45, 7) is 6.70. The van der Waals surface area contributed by atoms with E-state index in [-0.39, 0.29) is 28.5 Å². The number of carbonyl (C=O) groups is 1. The topological polar surface area (TPSA) is 72.8 Å². The summed E-state index contributed by atoms with van der Waals surface area (Å²) < 4.78 is 0. The van der Waals surface area contributed by atoms with Gasteiger partial charge in [0.1, 0.15) is 0 Å². The van der Waals surface area contributed by atoms with Gasteiger partial charge >= 0.3 is 0 Å². The van der Waals surface area contributed by atoms with E-state index in [4.69, 9.17) is 0 Å². The van der Waals surface area contributed by atoms with Gasteiger partial charge in [0, 0.05) is 25.2 Å². The van der Waals surface area contributed by atoms with E-state index in [1.807, 2.05) is 4.90 Å². The van der Waals surface area contributed by atoms with Gasteiger partial charge in [-0.25, -0.2) is 0 Å². The van der Waals surface area contributed by atoms with Crippen LogP contribution in [0.1, 0.15) is 24.2 Å². The summed E-state index contributed by atoms with van der Waals surface area (Å²) in [5.41, 5.74) is -0.0746. The first kappa shape index (κ1) is 13.2. The van der Waals surface area contributed by atoms with Crippen LogP contribution in [0.25, 0.3) is 0 Å². The summed E-state index contributed by atoms with van der Waals surface area (Å²) in [6.07, 6.45) is 0. The monoisotopic (exact) mass is 276 g/mol. The summed E-state index contributed by atoms with van der Waals surface area (Å²) in [7, 11) is 0. The highest BCUT2D eigenvalue weighted by molar-refractivity contribution is 5.98. The van der Waals surface area contributed by atoms with E-state index in [2.05, 4.69) is 19.2 Å². The Morgan fingerprint density at radius 3 is 2.80 bits per heavy atom. The molecule has 0 radical (unpaired) electrons. The highest BCUT2D eigenvalue weighted by atomic mass is 16.3. The summed E-state index contributed by atoms with van der Waals surface area (Å²) in [5.74, 6) is 0.107. The predicted octanol–water partition coefficient (Wildman–Crippen LogP) is 1.17. The van der Waals surface area contributed by atoms with E-state index in [1.165, 1.54) is 6.07 Å². The van der Waals surface area contributed by atoms with Crippen molar-refractivity contribution in [2.45, 2.75) is 19.4 Å². The second kappa shape index (κ2) is 4.38.